The van der Waals surface area contributed by atoms with E-state index in [-0.39, 0.29) is 13.1 Å². The van der Waals surface area contributed by atoms with Crippen molar-refractivity contribution >= 4 is 40.9 Å². The van der Waals surface area contributed by atoms with Crippen LogP contribution in [-0.2, 0) is 22.4 Å². The number of carbonyl (C=O) groups is 2. The van der Waals surface area contributed by atoms with Gasteiger partial charge in [0.15, 0.2) is 4.84 Å². The van der Waals surface area contributed by atoms with Gasteiger partial charge in [0.25, 0.3) is 5.91 Å². The average Bonchev–Trinajstić information content (AvgIpc) is 3.47. The fourth-order valence-corrected chi connectivity index (χ4v) is 3.86. The van der Waals surface area contributed by atoms with Crippen molar-refractivity contribution in [2.75, 3.05) is 18.0 Å². The molecule has 0 spiro atoms. The van der Waals surface area contributed by atoms with E-state index in [1.807, 2.05) is 24.3 Å². The summed E-state index contributed by atoms with van der Waals surface area (Å²) in [6.07, 6.45) is 3.15. The minimum absolute atomic E-state index is 0.0581. The molecule has 3 aromatic rings. The number of aromatic nitrogens is 3. The van der Waals surface area contributed by atoms with Gasteiger partial charge in [0.1, 0.15) is 11.9 Å². The van der Waals surface area contributed by atoms with Gasteiger partial charge in [-0.1, -0.05) is 47.5 Å². The van der Waals surface area contributed by atoms with Gasteiger partial charge in [0.05, 0.1) is 30.7 Å². The number of alkyl halides is 2. The molecule has 11 heteroatoms. The number of cyclic esters (lactones) is 1. The van der Waals surface area contributed by atoms with E-state index in [2.05, 4.69) is 20.7 Å². The summed E-state index contributed by atoms with van der Waals surface area (Å²) in [6.45, 7) is 0.221. The predicted molar refractivity (Wildman–Crippen MR) is 126 cm³/mol. The molecule has 2 N–H and O–H groups in total. The normalized spacial score (nSPS) is 15.6. The van der Waals surface area contributed by atoms with Crippen LogP contribution in [0.5, 0.6) is 0 Å². The summed E-state index contributed by atoms with van der Waals surface area (Å²) in [4.78, 5) is 23.8. The Hall–Kier alpha value is -3.17. The number of aromatic amines is 1. The van der Waals surface area contributed by atoms with Crippen molar-refractivity contribution in [1.29, 1.82) is 0 Å². The molecule has 1 atom stereocenters. The second-order valence-corrected chi connectivity index (χ2v) is 8.93. The average molecular weight is 506 g/mol. The second-order valence-electron chi connectivity index (χ2n) is 7.84. The van der Waals surface area contributed by atoms with E-state index in [9.17, 15) is 14.0 Å². The number of rotatable bonds is 9. The number of aryl methyl sites for hydroxylation is 2. The van der Waals surface area contributed by atoms with Crippen molar-refractivity contribution in [3.05, 3.63) is 65.7 Å². The summed E-state index contributed by atoms with van der Waals surface area (Å²) in [5.41, 5.74) is 3.63. The quantitative estimate of drug-likeness (QED) is 0.427. The molecular formula is C23H22Cl2FN5O3. The fraction of sp³-hybridized carbons (Fsp3) is 0.304. The lowest BCUT2D eigenvalue weighted by Gasteiger charge is -2.15. The third-order valence-electron chi connectivity index (χ3n) is 5.47. The molecule has 0 radical (unpaired) electrons. The van der Waals surface area contributed by atoms with Crippen LogP contribution in [0.1, 0.15) is 17.7 Å². The highest BCUT2D eigenvalue weighted by Crippen LogP contribution is 2.29. The van der Waals surface area contributed by atoms with E-state index in [0.29, 0.717) is 11.3 Å². The molecule has 34 heavy (non-hydrogen) atoms. The van der Waals surface area contributed by atoms with Crippen LogP contribution in [0, 0.1) is 5.82 Å². The van der Waals surface area contributed by atoms with Crippen LogP contribution in [-0.4, -0.2) is 51.4 Å². The van der Waals surface area contributed by atoms with Crippen molar-refractivity contribution in [1.82, 2.24) is 20.7 Å². The molecule has 8 nitrogen and oxygen atoms in total. The SMILES string of the molecule is O=C(NC[C@H]1CN(c2ccc(-c3ccc(CCCc4cn[nH]n4)cc3)c(F)c2)C(=O)O1)C(Cl)Cl. The molecule has 0 bridgehead atoms. The molecule has 2 heterocycles. The van der Waals surface area contributed by atoms with Crippen molar-refractivity contribution in [3.8, 4) is 11.1 Å². The Bertz CT molecular complexity index is 1140. The zero-order valence-corrected chi connectivity index (χ0v) is 19.5. The lowest BCUT2D eigenvalue weighted by atomic mass is 10.0. The first-order valence-corrected chi connectivity index (χ1v) is 11.6. The summed E-state index contributed by atoms with van der Waals surface area (Å²) in [7, 11) is 0. The Morgan fingerprint density at radius 1 is 1.24 bits per heavy atom. The van der Waals surface area contributed by atoms with Crippen molar-refractivity contribution < 1.29 is 18.7 Å². The Balaban J connectivity index is 1.36. The fourth-order valence-electron chi connectivity index (χ4n) is 3.71. The molecular weight excluding hydrogens is 484 g/mol. The van der Waals surface area contributed by atoms with Crippen molar-refractivity contribution in [2.24, 2.45) is 0 Å². The third kappa shape index (κ3) is 5.84. The molecule has 2 amide bonds. The molecule has 1 aromatic heterocycles. The van der Waals surface area contributed by atoms with E-state index >= 15 is 0 Å². The van der Waals surface area contributed by atoms with E-state index < -0.39 is 28.8 Å². The predicted octanol–water partition coefficient (Wildman–Crippen LogP) is 4.03. The van der Waals surface area contributed by atoms with Gasteiger partial charge in [-0.3, -0.25) is 9.69 Å². The highest BCUT2D eigenvalue weighted by molar-refractivity contribution is 6.53. The van der Waals surface area contributed by atoms with Gasteiger partial charge in [0.2, 0.25) is 0 Å². The number of hydrogen-bond donors (Lipinski definition) is 2. The van der Waals surface area contributed by atoms with Crippen LogP contribution in [0.4, 0.5) is 14.9 Å². The molecule has 1 aliphatic heterocycles. The summed E-state index contributed by atoms with van der Waals surface area (Å²) >= 11 is 11.0. The highest BCUT2D eigenvalue weighted by Gasteiger charge is 2.33. The van der Waals surface area contributed by atoms with Gasteiger partial charge in [-0.25, -0.2) is 9.18 Å². The molecule has 0 aliphatic carbocycles. The number of halogens is 3. The first-order chi connectivity index (χ1) is 16.4. The van der Waals surface area contributed by atoms with Gasteiger partial charge in [-0.05, 0) is 48.6 Å². The first-order valence-electron chi connectivity index (χ1n) is 10.7. The zero-order valence-electron chi connectivity index (χ0n) is 18.0. The number of benzene rings is 2. The standard InChI is InChI=1S/C23H22Cl2FN5O3/c24-21(25)22(32)27-12-18-13-31(23(33)34-18)17-8-9-19(20(26)10-17)15-6-4-14(5-7-15)2-1-3-16-11-28-30-29-16/h4-11,18,21H,1-3,12-13H2,(H,27,32)(H,28,29,30)/t18-/m0/s1. The number of hydrogen-bond acceptors (Lipinski definition) is 5. The largest absolute Gasteiger partial charge is 0.442 e. The van der Waals surface area contributed by atoms with E-state index in [1.165, 1.54) is 11.0 Å². The molecule has 2 aromatic carbocycles. The minimum atomic E-state index is -1.21. The number of amides is 2. The molecule has 0 unspecified atom stereocenters. The van der Waals surface area contributed by atoms with E-state index in [1.54, 1.807) is 18.3 Å². The first kappa shape index (κ1) is 24.0. The van der Waals surface area contributed by atoms with Crippen LogP contribution < -0.4 is 10.2 Å². The topological polar surface area (TPSA) is 100 Å². The summed E-state index contributed by atoms with van der Waals surface area (Å²) in [6, 6.07) is 12.3. The summed E-state index contributed by atoms with van der Waals surface area (Å²) in [5, 5.41) is 12.9. The maximum atomic E-state index is 14.9. The molecule has 0 saturated carbocycles. The molecule has 1 aliphatic rings. The third-order valence-corrected chi connectivity index (χ3v) is 5.87. The number of H-pyrrole nitrogens is 1. The number of carbonyl (C=O) groups excluding carboxylic acids is 2. The number of nitrogens with one attached hydrogen (secondary N) is 2. The van der Waals surface area contributed by atoms with Gasteiger partial charge in [-0.2, -0.15) is 15.4 Å². The van der Waals surface area contributed by atoms with Gasteiger partial charge < -0.3 is 10.1 Å². The maximum Gasteiger partial charge on any atom is 0.414 e. The van der Waals surface area contributed by atoms with Gasteiger partial charge in [0, 0.05) is 5.56 Å². The Morgan fingerprint density at radius 3 is 2.71 bits per heavy atom. The van der Waals surface area contributed by atoms with Crippen LogP contribution in [0.25, 0.3) is 11.1 Å². The zero-order chi connectivity index (χ0) is 24.1. The lowest BCUT2D eigenvalue weighted by Crippen LogP contribution is -2.37. The number of anilines is 1. The Labute approximate surface area is 205 Å². The molecule has 1 saturated heterocycles. The number of nitrogens with zero attached hydrogens (tertiary/aromatic N) is 3. The number of ether oxygens (including phenoxy) is 1. The monoisotopic (exact) mass is 505 g/mol. The Morgan fingerprint density at radius 2 is 2.03 bits per heavy atom. The van der Waals surface area contributed by atoms with E-state index in [0.717, 1.165) is 36.1 Å². The second kappa shape index (κ2) is 10.8. The van der Waals surface area contributed by atoms with Gasteiger partial charge >= 0.3 is 6.09 Å². The van der Waals surface area contributed by atoms with Crippen molar-refractivity contribution in [2.45, 2.75) is 30.2 Å². The Kier molecular flexibility index (Phi) is 7.64. The van der Waals surface area contributed by atoms with Crippen LogP contribution in [0.15, 0.2) is 48.7 Å². The molecule has 178 valence electrons. The maximum absolute atomic E-state index is 14.9. The molecule has 4 rings (SSSR count). The van der Waals surface area contributed by atoms with Crippen LogP contribution >= 0.6 is 23.2 Å². The summed E-state index contributed by atoms with van der Waals surface area (Å²) < 4.78 is 20.2. The molecule has 1 fully saturated rings. The smallest absolute Gasteiger partial charge is 0.414 e. The lowest BCUT2D eigenvalue weighted by molar-refractivity contribution is -0.119. The van der Waals surface area contributed by atoms with Gasteiger partial charge in [-0.15, -0.1) is 0 Å². The van der Waals surface area contributed by atoms with Crippen LogP contribution in [0.3, 0.4) is 0 Å². The van der Waals surface area contributed by atoms with Crippen molar-refractivity contribution in [3.63, 3.8) is 0 Å². The summed E-state index contributed by atoms with van der Waals surface area (Å²) in [5.74, 6) is -1.03. The highest BCUT2D eigenvalue weighted by atomic mass is 35.5. The van der Waals surface area contributed by atoms with E-state index in [4.69, 9.17) is 27.9 Å². The van der Waals surface area contributed by atoms with Crippen LogP contribution in [0.2, 0.25) is 0 Å². The minimum Gasteiger partial charge on any atom is -0.442 e.